The highest BCUT2D eigenvalue weighted by atomic mass is 16.6. The fourth-order valence-corrected chi connectivity index (χ4v) is 2.86. The number of hydrogen-bond acceptors (Lipinski definition) is 6. The third-order valence-electron chi connectivity index (χ3n) is 4.34. The Balaban J connectivity index is 1.63. The molecule has 1 amide bonds. The molecule has 0 aliphatic carbocycles. The van der Waals surface area contributed by atoms with Crippen LogP contribution < -0.4 is 10.1 Å². The Hall–Kier alpha value is -3.88. The molecule has 1 heterocycles. The van der Waals surface area contributed by atoms with Gasteiger partial charge in [0, 0.05) is 23.2 Å². The number of nitrogens with zero attached hydrogens (tertiary/aromatic N) is 1. The van der Waals surface area contributed by atoms with Crippen molar-refractivity contribution in [3.05, 3.63) is 64.3 Å². The number of nitrogens with one attached hydrogen (secondary N) is 2. The summed E-state index contributed by atoms with van der Waals surface area (Å²) in [6.07, 6.45) is 0.688. The van der Waals surface area contributed by atoms with E-state index in [1.165, 1.54) is 32.2 Å². The smallest absolute Gasteiger partial charge is 0.311 e. The number of esters is 1. The van der Waals surface area contributed by atoms with Gasteiger partial charge in [-0.3, -0.25) is 19.7 Å². The number of benzene rings is 2. The Kier molecular flexibility index (Phi) is 5.77. The number of ether oxygens (including phenoxy) is 2. The van der Waals surface area contributed by atoms with Crippen LogP contribution in [0.3, 0.4) is 0 Å². The zero-order chi connectivity index (χ0) is 21.0. The molecule has 2 N–H and O–H groups in total. The van der Waals surface area contributed by atoms with Crippen molar-refractivity contribution in [2.24, 2.45) is 0 Å². The summed E-state index contributed by atoms with van der Waals surface area (Å²) in [6, 6.07) is 11.4. The van der Waals surface area contributed by atoms with E-state index in [0.29, 0.717) is 0 Å². The van der Waals surface area contributed by atoms with Crippen LogP contribution in [0.4, 0.5) is 11.4 Å². The van der Waals surface area contributed by atoms with E-state index in [1.54, 1.807) is 6.20 Å². The molecule has 0 bridgehead atoms. The van der Waals surface area contributed by atoms with E-state index in [1.807, 2.05) is 24.3 Å². The van der Waals surface area contributed by atoms with Crippen LogP contribution in [0.1, 0.15) is 12.5 Å². The van der Waals surface area contributed by atoms with Crippen molar-refractivity contribution in [2.45, 2.75) is 19.4 Å². The third kappa shape index (κ3) is 4.52. The second-order valence-corrected chi connectivity index (χ2v) is 6.30. The first-order chi connectivity index (χ1) is 13.9. The fourth-order valence-electron chi connectivity index (χ4n) is 2.86. The van der Waals surface area contributed by atoms with Crippen LogP contribution in [0.15, 0.2) is 48.7 Å². The summed E-state index contributed by atoms with van der Waals surface area (Å²) < 4.78 is 10.3. The molecule has 9 nitrogen and oxygen atoms in total. The van der Waals surface area contributed by atoms with Crippen molar-refractivity contribution in [3.8, 4) is 5.75 Å². The van der Waals surface area contributed by atoms with Crippen LogP contribution in [-0.2, 0) is 20.7 Å². The van der Waals surface area contributed by atoms with Crippen LogP contribution in [0.25, 0.3) is 10.9 Å². The summed E-state index contributed by atoms with van der Waals surface area (Å²) in [5.41, 5.74) is 1.75. The second-order valence-electron chi connectivity index (χ2n) is 6.30. The average Bonchev–Trinajstić information content (AvgIpc) is 3.10. The van der Waals surface area contributed by atoms with E-state index in [-0.39, 0.29) is 23.5 Å². The molecular formula is C20H19N3O6. The summed E-state index contributed by atoms with van der Waals surface area (Å²) in [6.45, 7) is 1.44. The number of aromatic nitrogens is 1. The maximum Gasteiger partial charge on any atom is 0.311 e. The van der Waals surface area contributed by atoms with Crippen LogP contribution in [-0.4, -0.2) is 35.0 Å². The van der Waals surface area contributed by atoms with E-state index in [9.17, 15) is 19.7 Å². The molecule has 0 fully saturated rings. The molecule has 0 aliphatic rings. The van der Waals surface area contributed by atoms with E-state index >= 15 is 0 Å². The number of H-pyrrole nitrogens is 1. The van der Waals surface area contributed by atoms with E-state index in [2.05, 4.69) is 10.3 Å². The second kappa shape index (κ2) is 8.42. The van der Waals surface area contributed by atoms with Gasteiger partial charge in [-0.15, -0.1) is 0 Å². The molecule has 0 saturated heterocycles. The number of rotatable bonds is 7. The van der Waals surface area contributed by atoms with Crippen molar-refractivity contribution >= 4 is 34.2 Å². The predicted molar refractivity (Wildman–Crippen MR) is 106 cm³/mol. The Morgan fingerprint density at radius 1 is 1.24 bits per heavy atom. The standard InChI is InChI=1S/C20H19N3O6/c1-12(20(25)22-17-8-7-14(23(26)27)10-18(17)28-2)29-19(24)9-13-11-21-16-6-4-3-5-15(13)16/h3-8,10-12,21H,9H2,1-2H3,(H,22,25)/t12-/m0/s1. The van der Waals surface area contributed by atoms with Gasteiger partial charge in [-0.1, -0.05) is 18.2 Å². The number of carbonyl (C=O) groups excluding carboxylic acids is 2. The maximum atomic E-state index is 12.4. The topological polar surface area (TPSA) is 124 Å². The Bertz CT molecular complexity index is 1080. The number of para-hydroxylation sites is 1. The van der Waals surface area contributed by atoms with Crippen LogP contribution in [0, 0.1) is 10.1 Å². The van der Waals surface area contributed by atoms with E-state index in [0.717, 1.165) is 16.5 Å². The van der Waals surface area contributed by atoms with E-state index in [4.69, 9.17) is 9.47 Å². The van der Waals surface area contributed by atoms with Gasteiger partial charge in [0.05, 0.1) is 30.2 Å². The molecular weight excluding hydrogens is 378 g/mol. The Labute approximate surface area is 165 Å². The molecule has 0 spiro atoms. The van der Waals surface area contributed by atoms with Crippen molar-refractivity contribution in [1.29, 1.82) is 0 Å². The van der Waals surface area contributed by atoms with Gasteiger partial charge in [0.15, 0.2) is 6.10 Å². The lowest BCUT2D eigenvalue weighted by atomic mass is 10.1. The lowest BCUT2D eigenvalue weighted by Crippen LogP contribution is -2.30. The minimum atomic E-state index is -1.06. The molecule has 2 aromatic carbocycles. The van der Waals surface area contributed by atoms with Gasteiger partial charge in [0.25, 0.3) is 11.6 Å². The highest BCUT2D eigenvalue weighted by molar-refractivity contribution is 5.96. The first kappa shape index (κ1) is 19.9. The summed E-state index contributed by atoms with van der Waals surface area (Å²) in [7, 11) is 1.33. The molecule has 0 unspecified atom stereocenters. The SMILES string of the molecule is COc1cc([N+](=O)[O-])ccc1NC(=O)[C@H](C)OC(=O)Cc1c[nH]c2ccccc12. The number of carbonyl (C=O) groups is 2. The molecule has 150 valence electrons. The first-order valence-corrected chi connectivity index (χ1v) is 8.77. The number of anilines is 1. The summed E-state index contributed by atoms with van der Waals surface area (Å²) in [5.74, 6) is -0.998. The van der Waals surface area contributed by atoms with Gasteiger partial charge >= 0.3 is 5.97 Å². The number of hydrogen-bond donors (Lipinski definition) is 2. The molecule has 0 aliphatic heterocycles. The number of aromatic amines is 1. The van der Waals surface area contributed by atoms with Crippen molar-refractivity contribution < 1.29 is 24.0 Å². The van der Waals surface area contributed by atoms with Crippen molar-refractivity contribution in [1.82, 2.24) is 4.98 Å². The maximum absolute atomic E-state index is 12.4. The molecule has 1 atom stereocenters. The van der Waals surface area contributed by atoms with Gasteiger partial charge in [-0.2, -0.15) is 0 Å². The number of fused-ring (bicyclic) bond motifs is 1. The quantitative estimate of drug-likeness (QED) is 0.358. The molecule has 3 rings (SSSR count). The number of non-ortho nitro benzene ring substituents is 1. The minimum Gasteiger partial charge on any atom is -0.494 e. The summed E-state index contributed by atoms with van der Waals surface area (Å²) >= 11 is 0. The molecule has 0 saturated carbocycles. The number of methoxy groups -OCH3 is 1. The molecule has 9 heteroatoms. The van der Waals surface area contributed by atoms with Gasteiger partial charge in [0.1, 0.15) is 5.75 Å². The predicted octanol–water partition coefficient (Wildman–Crippen LogP) is 3.20. The van der Waals surface area contributed by atoms with Gasteiger partial charge in [-0.25, -0.2) is 0 Å². The van der Waals surface area contributed by atoms with Crippen LogP contribution in [0.5, 0.6) is 5.75 Å². The number of nitro groups is 1. The molecule has 3 aromatic rings. The average molecular weight is 397 g/mol. The number of nitro benzene ring substituents is 1. The normalized spacial score (nSPS) is 11.7. The summed E-state index contributed by atoms with van der Waals surface area (Å²) in [4.78, 5) is 38.0. The zero-order valence-corrected chi connectivity index (χ0v) is 15.8. The van der Waals surface area contributed by atoms with Crippen molar-refractivity contribution in [2.75, 3.05) is 12.4 Å². The first-order valence-electron chi connectivity index (χ1n) is 8.77. The van der Waals surface area contributed by atoms with Crippen LogP contribution in [0.2, 0.25) is 0 Å². The molecule has 0 radical (unpaired) electrons. The highest BCUT2D eigenvalue weighted by Crippen LogP contribution is 2.29. The summed E-state index contributed by atoms with van der Waals surface area (Å²) in [5, 5.41) is 14.3. The lowest BCUT2D eigenvalue weighted by Gasteiger charge is -2.15. The largest absolute Gasteiger partial charge is 0.494 e. The Morgan fingerprint density at radius 3 is 2.72 bits per heavy atom. The van der Waals surface area contributed by atoms with Gasteiger partial charge in [0.2, 0.25) is 0 Å². The molecule has 29 heavy (non-hydrogen) atoms. The van der Waals surface area contributed by atoms with Gasteiger partial charge in [-0.05, 0) is 24.6 Å². The Morgan fingerprint density at radius 2 is 2.00 bits per heavy atom. The molecule has 1 aromatic heterocycles. The lowest BCUT2D eigenvalue weighted by molar-refractivity contribution is -0.384. The van der Waals surface area contributed by atoms with Gasteiger partial charge < -0.3 is 19.8 Å². The minimum absolute atomic E-state index is 0.0164. The monoisotopic (exact) mass is 397 g/mol. The number of amides is 1. The van der Waals surface area contributed by atoms with Crippen molar-refractivity contribution in [3.63, 3.8) is 0 Å². The van der Waals surface area contributed by atoms with Crippen LogP contribution >= 0.6 is 0 Å². The zero-order valence-electron chi connectivity index (χ0n) is 15.8. The third-order valence-corrected chi connectivity index (χ3v) is 4.34. The van der Waals surface area contributed by atoms with E-state index < -0.39 is 22.9 Å². The highest BCUT2D eigenvalue weighted by Gasteiger charge is 2.21. The fraction of sp³-hybridized carbons (Fsp3) is 0.200.